The van der Waals surface area contributed by atoms with Crippen LogP contribution in [0.15, 0.2) is 48.7 Å². The molecule has 3 aromatic heterocycles. The zero-order valence-electron chi connectivity index (χ0n) is 19.5. The molecule has 0 amide bonds. The van der Waals surface area contributed by atoms with Crippen molar-refractivity contribution in [2.45, 2.75) is 47.0 Å². The summed E-state index contributed by atoms with van der Waals surface area (Å²) in [7, 11) is 2.19. The number of fused-ring (bicyclic) bond motifs is 6. The van der Waals surface area contributed by atoms with Gasteiger partial charge >= 0.3 is 0 Å². The highest BCUT2D eigenvalue weighted by atomic mass is 15.0. The van der Waals surface area contributed by atoms with Crippen LogP contribution < -0.4 is 4.57 Å². The number of benzene rings is 3. The summed E-state index contributed by atoms with van der Waals surface area (Å²) in [5.41, 5.74) is 10.9. The van der Waals surface area contributed by atoms with E-state index in [0.717, 1.165) is 0 Å². The Morgan fingerprint density at radius 2 is 1.55 bits per heavy atom. The van der Waals surface area contributed by atoms with Gasteiger partial charge in [-0.1, -0.05) is 45.0 Å². The summed E-state index contributed by atoms with van der Waals surface area (Å²) in [5.74, 6) is 0. The fraction of sp³-hybridized carbons (Fsp3) is 0.276. The summed E-state index contributed by atoms with van der Waals surface area (Å²) in [5, 5.41) is 6.76. The molecule has 0 fully saturated rings. The minimum atomic E-state index is 0.124. The van der Waals surface area contributed by atoms with Gasteiger partial charge in [-0.25, -0.2) is 4.57 Å². The average molecular weight is 406 g/mol. The molecule has 154 valence electrons. The third-order valence-electron chi connectivity index (χ3n) is 7.36. The van der Waals surface area contributed by atoms with Crippen molar-refractivity contribution in [3.05, 3.63) is 70.9 Å². The number of aromatic nitrogens is 2. The fourth-order valence-electron chi connectivity index (χ4n) is 5.61. The first kappa shape index (κ1) is 18.6. The number of pyridine rings is 2. The number of rotatable bonds is 0. The van der Waals surface area contributed by atoms with E-state index in [1.807, 2.05) is 0 Å². The Morgan fingerprint density at radius 1 is 0.774 bits per heavy atom. The lowest BCUT2D eigenvalue weighted by Crippen LogP contribution is -2.29. The average Bonchev–Trinajstić information content (AvgIpc) is 3.05. The maximum Gasteiger partial charge on any atom is 0.224 e. The van der Waals surface area contributed by atoms with Gasteiger partial charge < -0.3 is 4.40 Å². The minimum absolute atomic E-state index is 0.124. The Morgan fingerprint density at radius 3 is 2.29 bits per heavy atom. The van der Waals surface area contributed by atoms with Crippen LogP contribution in [0.4, 0.5) is 0 Å². The first-order valence-corrected chi connectivity index (χ1v) is 11.2. The normalized spacial score (nSPS) is 13.0. The van der Waals surface area contributed by atoms with Crippen LogP contribution >= 0.6 is 0 Å². The molecule has 0 saturated heterocycles. The van der Waals surface area contributed by atoms with Crippen molar-refractivity contribution < 1.29 is 4.57 Å². The number of aryl methyl sites for hydroxylation is 4. The standard InChI is InChI=1S/C29H29N2/c1-16-14-17(2)26-24(18(16)3)28-25-19(12-13-30(28)7)8-10-21-22-15-20(29(4,5)6)9-11-23(22)31(26)27(21)25/h8-15H,1-7H3/q+1. The molecule has 6 rings (SSSR count). The predicted octanol–water partition coefficient (Wildman–Crippen LogP) is 7.04. The molecule has 2 heteroatoms. The van der Waals surface area contributed by atoms with Crippen LogP contribution in [0.2, 0.25) is 0 Å². The molecule has 0 aliphatic rings. The smallest absolute Gasteiger partial charge is 0.224 e. The number of hydrogen-bond acceptors (Lipinski definition) is 0. The van der Waals surface area contributed by atoms with Gasteiger partial charge in [0.25, 0.3) is 0 Å². The SMILES string of the molecule is Cc1cc(C)c2c(c1C)c1c3c(ccc4c5cc(C(C)(C)C)ccc5n2c43)cc[n+]1C. The second-order valence-electron chi connectivity index (χ2n) is 10.4. The van der Waals surface area contributed by atoms with Crippen LogP contribution in [0.1, 0.15) is 43.0 Å². The maximum absolute atomic E-state index is 2.55. The lowest BCUT2D eigenvalue weighted by Gasteiger charge is -2.19. The Balaban J connectivity index is 2.04. The maximum atomic E-state index is 2.55. The fourth-order valence-corrected chi connectivity index (χ4v) is 5.61. The van der Waals surface area contributed by atoms with Crippen LogP contribution in [0, 0.1) is 20.8 Å². The lowest BCUT2D eigenvalue weighted by molar-refractivity contribution is -0.643. The summed E-state index contributed by atoms with van der Waals surface area (Å²) in [6.07, 6.45) is 2.21. The summed E-state index contributed by atoms with van der Waals surface area (Å²) in [6.45, 7) is 13.7. The largest absolute Gasteiger partial charge is 0.307 e. The van der Waals surface area contributed by atoms with Gasteiger partial charge in [0.2, 0.25) is 5.52 Å². The second kappa shape index (κ2) is 5.76. The van der Waals surface area contributed by atoms with E-state index in [1.165, 1.54) is 71.3 Å². The van der Waals surface area contributed by atoms with Crippen LogP contribution in [0.25, 0.3) is 49.0 Å². The third-order valence-corrected chi connectivity index (χ3v) is 7.36. The second-order valence-corrected chi connectivity index (χ2v) is 10.4. The van der Waals surface area contributed by atoms with E-state index in [-0.39, 0.29) is 5.41 Å². The predicted molar refractivity (Wildman–Crippen MR) is 133 cm³/mol. The molecule has 0 bridgehead atoms. The van der Waals surface area contributed by atoms with Gasteiger partial charge in [-0.15, -0.1) is 0 Å². The monoisotopic (exact) mass is 405 g/mol. The van der Waals surface area contributed by atoms with E-state index in [0.29, 0.717) is 0 Å². The summed E-state index contributed by atoms with van der Waals surface area (Å²) < 4.78 is 4.86. The molecule has 3 aromatic carbocycles. The van der Waals surface area contributed by atoms with Crippen LogP contribution in [0.5, 0.6) is 0 Å². The molecular formula is C29H29N2+. The zero-order valence-corrected chi connectivity index (χ0v) is 19.5. The summed E-state index contributed by atoms with van der Waals surface area (Å²) >= 11 is 0. The summed E-state index contributed by atoms with van der Waals surface area (Å²) in [4.78, 5) is 0. The Bertz CT molecular complexity index is 1690. The highest BCUT2D eigenvalue weighted by Gasteiger charge is 2.26. The van der Waals surface area contributed by atoms with Crippen LogP contribution in [-0.2, 0) is 12.5 Å². The van der Waals surface area contributed by atoms with Crippen LogP contribution in [-0.4, -0.2) is 4.40 Å². The Hall–Kier alpha value is -3.13. The topological polar surface area (TPSA) is 8.29 Å². The van der Waals surface area contributed by atoms with Gasteiger partial charge in [0, 0.05) is 16.8 Å². The molecule has 6 aromatic rings. The molecule has 31 heavy (non-hydrogen) atoms. The first-order chi connectivity index (χ1) is 14.7. The molecule has 0 atom stereocenters. The van der Waals surface area contributed by atoms with Gasteiger partial charge in [0.15, 0.2) is 6.20 Å². The van der Waals surface area contributed by atoms with Gasteiger partial charge in [-0.05, 0) is 66.0 Å². The van der Waals surface area contributed by atoms with Crippen molar-refractivity contribution in [2.75, 3.05) is 0 Å². The van der Waals surface area contributed by atoms with E-state index in [4.69, 9.17) is 0 Å². The summed E-state index contributed by atoms with van der Waals surface area (Å²) in [6, 6.07) is 16.3. The molecule has 0 aliphatic carbocycles. The van der Waals surface area contributed by atoms with Crippen molar-refractivity contribution in [1.82, 2.24) is 4.40 Å². The Kier molecular flexibility index (Phi) is 3.46. The first-order valence-electron chi connectivity index (χ1n) is 11.2. The van der Waals surface area contributed by atoms with E-state index in [2.05, 4.69) is 106 Å². The molecule has 0 spiro atoms. The highest BCUT2D eigenvalue weighted by molar-refractivity contribution is 6.27. The molecule has 3 heterocycles. The molecule has 0 unspecified atom stereocenters. The highest BCUT2D eigenvalue weighted by Crippen LogP contribution is 2.42. The van der Waals surface area contributed by atoms with E-state index >= 15 is 0 Å². The lowest BCUT2D eigenvalue weighted by atomic mass is 9.86. The van der Waals surface area contributed by atoms with Crippen molar-refractivity contribution in [3.63, 3.8) is 0 Å². The van der Waals surface area contributed by atoms with Crippen molar-refractivity contribution in [2.24, 2.45) is 7.05 Å². The molecule has 0 N–H and O–H groups in total. The van der Waals surface area contributed by atoms with E-state index < -0.39 is 0 Å². The minimum Gasteiger partial charge on any atom is -0.307 e. The number of hydrogen-bond donors (Lipinski definition) is 0. The Labute approximate surface area is 183 Å². The molecule has 0 radical (unpaired) electrons. The quantitative estimate of drug-likeness (QED) is 0.146. The number of nitrogens with zero attached hydrogens (tertiary/aromatic N) is 2. The molecule has 0 saturated carbocycles. The van der Waals surface area contributed by atoms with E-state index in [1.54, 1.807) is 0 Å². The van der Waals surface area contributed by atoms with Crippen molar-refractivity contribution in [1.29, 1.82) is 0 Å². The zero-order chi connectivity index (χ0) is 21.8. The van der Waals surface area contributed by atoms with Gasteiger partial charge in [0.1, 0.15) is 7.05 Å². The molecule has 2 nitrogen and oxygen atoms in total. The molecular weight excluding hydrogens is 376 g/mol. The van der Waals surface area contributed by atoms with Gasteiger partial charge in [-0.3, -0.25) is 0 Å². The van der Waals surface area contributed by atoms with Gasteiger partial charge in [-0.2, -0.15) is 0 Å². The van der Waals surface area contributed by atoms with Gasteiger partial charge in [0.05, 0.1) is 27.3 Å². The van der Waals surface area contributed by atoms with Crippen molar-refractivity contribution in [3.8, 4) is 0 Å². The molecule has 0 aliphatic heterocycles. The van der Waals surface area contributed by atoms with E-state index in [9.17, 15) is 0 Å². The van der Waals surface area contributed by atoms with Crippen molar-refractivity contribution >= 4 is 49.0 Å². The third kappa shape index (κ3) is 2.25. The van der Waals surface area contributed by atoms with Crippen LogP contribution in [0.3, 0.4) is 0 Å².